The predicted octanol–water partition coefficient (Wildman–Crippen LogP) is 8.29. The minimum absolute atomic E-state index is 0.0370. The first-order valence-electron chi connectivity index (χ1n) is 26.5. The molecule has 11 atom stereocenters. The molecule has 69 heavy (non-hydrogen) atoms. The maximum Gasteiger partial charge on any atom is 0.306 e. The van der Waals surface area contributed by atoms with Crippen molar-refractivity contribution in [3.8, 4) is 0 Å². The van der Waals surface area contributed by atoms with Crippen LogP contribution in [0.2, 0.25) is 0 Å². The second kappa shape index (κ2) is 42.0. The van der Waals surface area contributed by atoms with E-state index >= 15 is 0 Å². The van der Waals surface area contributed by atoms with Gasteiger partial charge >= 0.3 is 5.97 Å². The maximum absolute atomic E-state index is 13.0. The minimum Gasteiger partial charge on any atom is -0.457 e. The zero-order valence-corrected chi connectivity index (χ0v) is 42.3. The Morgan fingerprint density at radius 1 is 0.493 bits per heavy atom. The summed E-state index contributed by atoms with van der Waals surface area (Å²) in [5.74, 6) is -0.400. The first kappa shape index (κ1) is 62.5. The number of carbonyl (C=O) groups excluding carboxylic acids is 1. The second-order valence-corrected chi connectivity index (χ2v) is 18.3. The van der Waals surface area contributed by atoms with E-state index in [0.717, 1.165) is 103 Å². The van der Waals surface area contributed by atoms with Crippen molar-refractivity contribution in [3.63, 3.8) is 0 Å². The van der Waals surface area contributed by atoms with Crippen LogP contribution < -0.4 is 0 Å². The Morgan fingerprint density at radius 2 is 0.942 bits per heavy atom. The molecule has 11 unspecified atom stereocenters. The maximum atomic E-state index is 13.0. The fourth-order valence-electron chi connectivity index (χ4n) is 7.89. The van der Waals surface area contributed by atoms with Crippen molar-refractivity contribution < 1.29 is 69.0 Å². The Hall–Kier alpha value is -2.57. The number of unbranched alkanes of at least 4 members (excludes halogenated alkanes) is 15. The van der Waals surface area contributed by atoms with Crippen molar-refractivity contribution in [2.75, 3.05) is 33.0 Å². The molecule has 2 rings (SSSR count). The minimum atomic E-state index is -1.72. The number of allylic oxidation sites excluding steroid dienone is 12. The molecule has 2 aliphatic heterocycles. The number of carbonyl (C=O) groups is 1. The van der Waals surface area contributed by atoms with E-state index in [9.17, 15) is 40.5 Å². The number of aliphatic hydroxyl groups excluding tert-OH is 7. The third-order valence-electron chi connectivity index (χ3n) is 12.2. The molecule has 2 aliphatic rings. The molecule has 0 amide bonds. The Morgan fingerprint density at radius 3 is 1.48 bits per heavy atom. The van der Waals surface area contributed by atoms with Crippen LogP contribution in [0.4, 0.5) is 0 Å². The number of esters is 1. The molecular weight excluding hydrogens is 885 g/mol. The van der Waals surface area contributed by atoms with Crippen LogP contribution in [0.5, 0.6) is 0 Å². The smallest absolute Gasteiger partial charge is 0.306 e. The van der Waals surface area contributed by atoms with Gasteiger partial charge in [-0.2, -0.15) is 0 Å². The topological polar surface area (TPSA) is 214 Å². The number of hydrogen-bond acceptors (Lipinski definition) is 14. The summed E-state index contributed by atoms with van der Waals surface area (Å²) in [6, 6.07) is 0. The molecule has 0 aromatic carbocycles. The number of ether oxygens (including phenoxy) is 6. The van der Waals surface area contributed by atoms with Gasteiger partial charge in [-0.1, -0.05) is 151 Å². The number of rotatable bonds is 41. The highest BCUT2D eigenvalue weighted by Gasteiger charge is 2.47. The average Bonchev–Trinajstić information content (AvgIpc) is 3.35. The van der Waals surface area contributed by atoms with Gasteiger partial charge in [-0.3, -0.25) is 4.79 Å². The van der Waals surface area contributed by atoms with Gasteiger partial charge in [-0.15, -0.1) is 0 Å². The predicted molar refractivity (Wildman–Crippen MR) is 270 cm³/mol. The van der Waals surface area contributed by atoms with Gasteiger partial charge in [0.1, 0.15) is 54.9 Å². The zero-order chi connectivity index (χ0) is 50.2. The molecule has 0 radical (unpaired) electrons. The first-order chi connectivity index (χ1) is 33.6. The fourth-order valence-corrected chi connectivity index (χ4v) is 7.89. The molecular formula is C55H94O14. The highest BCUT2D eigenvalue weighted by molar-refractivity contribution is 5.69. The van der Waals surface area contributed by atoms with Crippen molar-refractivity contribution in [1.82, 2.24) is 0 Å². The molecule has 7 N–H and O–H groups in total. The van der Waals surface area contributed by atoms with Crippen molar-refractivity contribution in [3.05, 3.63) is 72.9 Å². The van der Waals surface area contributed by atoms with Gasteiger partial charge in [-0.25, -0.2) is 0 Å². The second-order valence-electron chi connectivity index (χ2n) is 18.3. The van der Waals surface area contributed by atoms with Gasteiger partial charge in [0.15, 0.2) is 12.6 Å². The molecule has 0 bridgehead atoms. The molecule has 0 aliphatic carbocycles. The van der Waals surface area contributed by atoms with Crippen LogP contribution in [0.3, 0.4) is 0 Å². The van der Waals surface area contributed by atoms with Crippen molar-refractivity contribution in [2.45, 2.75) is 235 Å². The molecule has 398 valence electrons. The van der Waals surface area contributed by atoms with Crippen LogP contribution in [0, 0.1) is 0 Å². The van der Waals surface area contributed by atoms with E-state index in [1.54, 1.807) is 0 Å². The molecule has 2 heterocycles. The molecule has 0 spiro atoms. The largest absolute Gasteiger partial charge is 0.457 e. The monoisotopic (exact) mass is 979 g/mol. The Labute approximate surface area is 415 Å². The normalized spacial score (nSPS) is 26.3. The zero-order valence-electron chi connectivity index (χ0n) is 42.3. The number of aliphatic hydroxyl groups is 7. The van der Waals surface area contributed by atoms with E-state index in [-0.39, 0.29) is 19.6 Å². The Balaban J connectivity index is 1.77. The van der Waals surface area contributed by atoms with Gasteiger partial charge in [0.25, 0.3) is 0 Å². The Bertz CT molecular complexity index is 1410. The summed E-state index contributed by atoms with van der Waals surface area (Å²) in [5.41, 5.74) is 0. The molecule has 14 heteroatoms. The van der Waals surface area contributed by atoms with E-state index in [1.165, 1.54) is 38.5 Å². The summed E-state index contributed by atoms with van der Waals surface area (Å²) in [7, 11) is 0. The first-order valence-corrected chi connectivity index (χ1v) is 26.5. The lowest BCUT2D eigenvalue weighted by Crippen LogP contribution is -2.61. The quantitative estimate of drug-likeness (QED) is 0.0175. The van der Waals surface area contributed by atoms with E-state index in [2.05, 4.69) is 86.8 Å². The highest BCUT2D eigenvalue weighted by Crippen LogP contribution is 2.26. The molecule has 0 aromatic heterocycles. The van der Waals surface area contributed by atoms with Gasteiger partial charge in [0.2, 0.25) is 0 Å². The van der Waals surface area contributed by atoms with Gasteiger partial charge in [0, 0.05) is 13.0 Å². The summed E-state index contributed by atoms with van der Waals surface area (Å²) in [5, 5.41) is 72.2. The Kier molecular flexibility index (Phi) is 38.1. The lowest BCUT2D eigenvalue weighted by atomic mass is 9.98. The van der Waals surface area contributed by atoms with Crippen molar-refractivity contribution in [2.24, 2.45) is 0 Å². The van der Waals surface area contributed by atoms with Crippen LogP contribution in [0.1, 0.15) is 168 Å². The third kappa shape index (κ3) is 29.5. The highest BCUT2D eigenvalue weighted by atomic mass is 16.7. The van der Waals surface area contributed by atoms with E-state index in [4.69, 9.17) is 28.4 Å². The lowest BCUT2D eigenvalue weighted by molar-refractivity contribution is -0.332. The summed E-state index contributed by atoms with van der Waals surface area (Å²) in [6.45, 7) is 3.47. The standard InChI is InChI=1S/C55H94O14/c1-3-5-7-9-11-13-15-17-19-20-21-22-23-24-25-26-28-30-32-34-36-38-47(57)67-44(41-64-39-37-35-33-31-29-27-18-16-14-12-10-8-6-4-2)42-65-54-53(63)51(61)49(59)46(69-54)43-66-55-52(62)50(60)48(58)45(40-56)68-55/h6,8,12,14-15,17-18,20-21,23-24,27,44-46,48-56,58-63H,3-5,7,9-11,13,16,19,22,25-26,28-43H2,1-2H3/b8-6-,14-12-,17-15-,21-20-,24-23-,27-18-. The molecule has 14 nitrogen and oxygen atoms in total. The van der Waals surface area contributed by atoms with Crippen LogP contribution in [0.15, 0.2) is 72.9 Å². The number of hydrogen-bond donors (Lipinski definition) is 7. The van der Waals surface area contributed by atoms with Crippen LogP contribution in [-0.2, 0) is 33.2 Å². The lowest BCUT2D eigenvalue weighted by Gasteiger charge is -2.42. The summed E-state index contributed by atoms with van der Waals surface area (Å²) >= 11 is 0. The van der Waals surface area contributed by atoms with E-state index in [1.807, 2.05) is 0 Å². The van der Waals surface area contributed by atoms with Gasteiger partial charge < -0.3 is 64.2 Å². The summed E-state index contributed by atoms with van der Waals surface area (Å²) in [6.07, 6.45) is 35.3. The van der Waals surface area contributed by atoms with Crippen molar-refractivity contribution in [1.29, 1.82) is 0 Å². The van der Waals surface area contributed by atoms with Crippen LogP contribution >= 0.6 is 0 Å². The third-order valence-corrected chi connectivity index (χ3v) is 12.2. The molecule has 2 fully saturated rings. The summed E-state index contributed by atoms with van der Waals surface area (Å²) in [4.78, 5) is 13.0. The van der Waals surface area contributed by atoms with Gasteiger partial charge in [-0.05, 0) is 83.5 Å². The van der Waals surface area contributed by atoms with Crippen LogP contribution in [-0.4, -0.2) is 142 Å². The van der Waals surface area contributed by atoms with E-state index in [0.29, 0.717) is 13.0 Å². The van der Waals surface area contributed by atoms with Gasteiger partial charge in [0.05, 0.1) is 26.4 Å². The van der Waals surface area contributed by atoms with E-state index < -0.39 is 86.7 Å². The SMILES string of the molecule is CC/C=C\C/C=C\C/C=C\CCCCCCOCC(COC1OC(COC2OC(CO)C(O)C(O)C2O)C(O)C(O)C1O)OC(=O)CCCCCCCC/C=C\C/C=C\C/C=C\CCCCCCC. The molecule has 2 saturated heterocycles. The average molecular weight is 979 g/mol. The summed E-state index contributed by atoms with van der Waals surface area (Å²) < 4.78 is 34.2. The molecule has 0 aromatic rings. The van der Waals surface area contributed by atoms with Crippen molar-refractivity contribution >= 4 is 5.97 Å². The molecule has 0 saturated carbocycles. The van der Waals surface area contributed by atoms with Crippen LogP contribution in [0.25, 0.3) is 0 Å². The fraction of sp³-hybridized carbons (Fsp3) is 0.764.